The van der Waals surface area contributed by atoms with E-state index in [1.165, 1.54) is 0 Å². The summed E-state index contributed by atoms with van der Waals surface area (Å²) in [5, 5.41) is 0. The van der Waals surface area contributed by atoms with Crippen molar-refractivity contribution in [3.05, 3.63) is 0 Å². The number of aliphatic imine (C=N–C) groups is 1. The van der Waals surface area contributed by atoms with E-state index in [0.717, 1.165) is 25.5 Å². The monoisotopic (exact) mass is 186 g/mol. The van der Waals surface area contributed by atoms with E-state index in [0.29, 0.717) is 5.92 Å². The third-order valence-electron chi connectivity index (χ3n) is 1.61. The highest BCUT2D eigenvalue weighted by atomic mass is 15.4. The minimum Gasteiger partial charge on any atom is -0.345 e. The lowest BCUT2D eigenvalue weighted by Gasteiger charge is -2.22. The van der Waals surface area contributed by atoms with Crippen molar-refractivity contribution >= 4 is 5.96 Å². The first-order chi connectivity index (χ1) is 6.11. The van der Waals surface area contributed by atoms with Crippen molar-refractivity contribution in [1.82, 2.24) is 10.3 Å². The summed E-state index contributed by atoms with van der Waals surface area (Å²) in [4.78, 5) is 6.36. The molecule has 0 radical (unpaired) electrons. The van der Waals surface area contributed by atoms with Crippen LogP contribution in [0.1, 0.15) is 27.2 Å². The van der Waals surface area contributed by atoms with Gasteiger partial charge in [0.2, 0.25) is 5.96 Å². The normalized spacial score (nSPS) is 12.0. The maximum Gasteiger partial charge on any atom is 0.208 e. The Morgan fingerprint density at radius 3 is 2.54 bits per heavy atom. The van der Waals surface area contributed by atoms with E-state index >= 15 is 0 Å². The van der Waals surface area contributed by atoms with Gasteiger partial charge in [-0.1, -0.05) is 20.8 Å². The number of guanidine groups is 1. The summed E-state index contributed by atoms with van der Waals surface area (Å²) < 4.78 is 0. The van der Waals surface area contributed by atoms with Crippen LogP contribution in [0.3, 0.4) is 0 Å². The molecule has 0 aliphatic heterocycles. The first-order valence-corrected chi connectivity index (χ1v) is 4.84. The first-order valence-electron chi connectivity index (χ1n) is 4.84. The van der Waals surface area contributed by atoms with E-state index in [9.17, 15) is 0 Å². The van der Waals surface area contributed by atoms with Crippen LogP contribution in [0.5, 0.6) is 0 Å². The zero-order valence-electron chi connectivity index (χ0n) is 9.17. The van der Waals surface area contributed by atoms with Gasteiger partial charge in [-0.3, -0.25) is 10.4 Å². The predicted molar refractivity (Wildman–Crippen MR) is 57.4 cm³/mol. The number of hydrazine groups is 1. The molecule has 0 aromatic heterocycles. The molecule has 4 heteroatoms. The predicted octanol–water partition coefficient (Wildman–Crippen LogP) is 0.804. The van der Waals surface area contributed by atoms with Crippen LogP contribution in [0, 0.1) is 5.92 Å². The van der Waals surface area contributed by atoms with Crippen LogP contribution in [0.4, 0.5) is 0 Å². The molecule has 0 aromatic carbocycles. The molecule has 0 aliphatic rings. The van der Waals surface area contributed by atoms with Gasteiger partial charge in [0.15, 0.2) is 0 Å². The molecule has 0 saturated heterocycles. The molecule has 0 rings (SSSR count). The molecule has 0 aromatic rings. The van der Waals surface area contributed by atoms with Gasteiger partial charge < -0.3 is 4.90 Å². The Kier molecular flexibility index (Phi) is 6.32. The summed E-state index contributed by atoms with van der Waals surface area (Å²) in [6.45, 7) is 8.23. The van der Waals surface area contributed by atoms with Gasteiger partial charge in [0.1, 0.15) is 0 Å². The third-order valence-corrected chi connectivity index (χ3v) is 1.61. The Bertz CT molecular complexity index is 154. The van der Waals surface area contributed by atoms with E-state index in [1.807, 2.05) is 11.9 Å². The van der Waals surface area contributed by atoms with Crippen molar-refractivity contribution in [2.75, 3.05) is 20.1 Å². The highest BCUT2D eigenvalue weighted by molar-refractivity contribution is 5.79. The summed E-state index contributed by atoms with van der Waals surface area (Å²) in [6.07, 6.45) is 1.04. The molecule has 13 heavy (non-hydrogen) atoms. The Morgan fingerprint density at radius 1 is 1.54 bits per heavy atom. The van der Waals surface area contributed by atoms with Crippen LogP contribution < -0.4 is 11.3 Å². The van der Waals surface area contributed by atoms with Crippen molar-refractivity contribution in [1.29, 1.82) is 0 Å². The molecule has 78 valence electrons. The maximum atomic E-state index is 5.37. The molecule has 0 aliphatic carbocycles. The molecule has 0 unspecified atom stereocenters. The van der Waals surface area contributed by atoms with E-state index in [4.69, 9.17) is 5.84 Å². The second kappa shape index (κ2) is 6.71. The molecular weight excluding hydrogens is 164 g/mol. The summed E-state index contributed by atoms with van der Waals surface area (Å²) in [5.74, 6) is 6.76. The van der Waals surface area contributed by atoms with Gasteiger partial charge in [-0.05, 0) is 12.3 Å². The van der Waals surface area contributed by atoms with Crippen molar-refractivity contribution in [2.45, 2.75) is 27.2 Å². The van der Waals surface area contributed by atoms with Crippen molar-refractivity contribution in [3.8, 4) is 0 Å². The third kappa shape index (κ3) is 5.47. The molecule has 0 fully saturated rings. The average Bonchev–Trinajstić information content (AvgIpc) is 2.04. The van der Waals surface area contributed by atoms with Crippen LogP contribution in [-0.4, -0.2) is 31.0 Å². The molecule has 0 atom stereocenters. The Morgan fingerprint density at radius 2 is 2.15 bits per heavy atom. The summed E-state index contributed by atoms with van der Waals surface area (Å²) in [6, 6.07) is 0. The van der Waals surface area contributed by atoms with E-state index in [2.05, 4.69) is 31.2 Å². The fourth-order valence-corrected chi connectivity index (χ4v) is 1.13. The molecule has 0 saturated carbocycles. The molecule has 3 N–H and O–H groups in total. The molecule has 0 amide bonds. The minimum atomic E-state index is 0.616. The number of nitrogens with one attached hydrogen (secondary N) is 1. The number of rotatable bonds is 4. The van der Waals surface area contributed by atoms with Crippen molar-refractivity contribution in [3.63, 3.8) is 0 Å². The van der Waals surface area contributed by atoms with Crippen LogP contribution in [-0.2, 0) is 0 Å². The Hall–Kier alpha value is -0.770. The molecule has 0 heterocycles. The highest BCUT2D eigenvalue weighted by Gasteiger charge is 2.05. The first kappa shape index (κ1) is 12.2. The fraction of sp³-hybridized carbons (Fsp3) is 0.889. The number of nitrogens with two attached hydrogens (primary N) is 1. The SMILES string of the molecule is CCCN=C(NN)N(C)CC(C)C. The van der Waals surface area contributed by atoms with Gasteiger partial charge in [-0.25, -0.2) is 5.84 Å². The minimum absolute atomic E-state index is 0.616. The van der Waals surface area contributed by atoms with Gasteiger partial charge in [0.05, 0.1) is 0 Å². The number of nitrogens with zero attached hydrogens (tertiary/aromatic N) is 2. The Balaban J connectivity index is 4.05. The zero-order chi connectivity index (χ0) is 10.3. The standard InChI is InChI=1S/C9H22N4/c1-5-6-11-9(12-10)13(4)7-8(2)3/h8H,5-7,10H2,1-4H3,(H,11,12). The second-order valence-corrected chi connectivity index (χ2v) is 3.62. The summed E-state index contributed by atoms with van der Waals surface area (Å²) in [7, 11) is 1.99. The topological polar surface area (TPSA) is 53.6 Å². The largest absolute Gasteiger partial charge is 0.345 e. The smallest absolute Gasteiger partial charge is 0.208 e. The van der Waals surface area contributed by atoms with Crippen LogP contribution in [0.15, 0.2) is 4.99 Å². The average molecular weight is 186 g/mol. The number of hydrogen-bond acceptors (Lipinski definition) is 2. The second-order valence-electron chi connectivity index (χ2n) is 3.62. The van der Waals surface area contributed by atoms with E-state index in [-0.39, 0.29) is 0 Å². The highest BCUT2D eigenvalue weighted by Crippen LogP contribution is 1.96. The van der Waals surface area contributed by atoms with Crippen LogP contribution >= 0.6 is 0 Å². The van der Waals surface area contributed by atoms with E-state index in [1.54, 1.807) is 0 Å². The Labute approximate surface area is 81.2 Å². The zero-order valence-corrected chi connectivity index (χ0v) is 9.17. The fourth-order valence-electron chi connectivity index (χ4n) is 1.13. The van der Waals surface area contributed by atoms with Gasteiger partial charge in [-0.2, -0.15) is 0 Å². The van der Waals surface area contributed by atoms with Crippen molar-refractivity contribution in [2.24, 2.45) is 16.8 Å². The lowest BCUT2D eigenvalue weighted by Crippen LogP contribution is -2.44. The molecule has 4 nitrogen and oxygen atoms in total. The van der Waals surface area contributed by atoms with E-state index < -0.39 is 0 Å². The number of hydrogen-bond donors (Lipinski definition) is 2. The van der Waals surface area contributed by atoms with Gasteiger partial charge in [0.25, 0.3) is 0 Å². The van der Waals surface area contributed by atoms with Crippen LogP contribution in [0.2, 0.25) is 0 Å². The lowest BCUT2D eigenvalue weighted by atomic mass is 10.2. The van der Waals surface area contributed by atoms with Crippen molar-refractivity contribution < 1.29 is 0 Å². The van der Waals surface area contributed by atoms with Gasteiger partial charge >= 0.3 is 0 Å². The van der Waals surface area contributed by atoms with Crippen LogP contribution in [0.25, 0.3) is 0 Å². The molecule has 0 bridgehead atoms. The molecular formula is C9H22N4. The summed E-state index contributed by atoms with van der Waals surface area (Å²) >= 11 is 0. The molecule has 0 spiro atoms. The lowest BCUT2D eigenvalue weighted by molar-refractivity contribution is 0.411. The maximum absolute atomic E-state index is 5.37. The van der Waals surface area contributed by atoms with Gasteiger partial charge in [-0.15, -0.1) is 0 Å². The van der Waals surface area contributed by atoms with Gasteiger partial charge in [0, 0.05) is 20.1 Å². The summed E-state index contributed by atoms with van der Waals surface area (Å²) in [5.41, 5.74) is 2.62. The quantitative estimate of drug-likeness (QED) is 0.295.